The van der Waals surface area contributed by atoms with Gasteiger partial charge in [0.15, 0.2) is 0 Å². The number of allylic oxidation sites excluding steroid dienone is 1. The van der Waals surface area contributed by atoms with Crippen molar-refractivity contribution in [3.63, 3.8) is 0 Å². The summed E-state index contributed by atoms with van der Waals surface area (Å²) in [5.41, 5.74) is 1.37. The topological polar surface area (TPSA) is 9.23 Å². The van der Waals surface area contributed by atoms with Crippen LogP contribution in [0.25, 0.3) is 0 Å². The van der Waals surface area contributed by atoms with E-state index in [1.54, 1.807) is 11.8 Å². The molecule has 0 radical (unpaired) electrons. The first-order valence-corrected chi connectivity index (χ1v) is 10.8. The maximum absolute atomic E-state index is 6.24. The lowest BCUT2D eigenvalue weighted by molar-refractivity contribution is 0.454. The first-order chi connectivity index (χ1) is 8.42. The van der Waals surface area contributed by atoms with Gasteiger partial charge in [-0.3, -0.25) is 0 Å². The lowest BCUT2D eigenvalue weighted by Crippen LogP contribution is -2.24. The van der Waals surface area contributed by atoms with E-state index in [0.717, 1.165) is 11.5 Å². The highest BCUT2D eigenvalue weighted by Gasteiger charge is 2.19. The predicted octanol–water partition coefficient (Wildman–Crippen LogP) is 5.66. The zero-order chi connectivity index (χ0) is 13.6. The minimum atomic E-state index is -1.54. The normalized spacial score (nSPS) is 13.2. The number of hydrogen-bond donors (Lipinski definition) is 0. The van der Waals surface area contributed by atoms with Gasteiger partial charge in [-0.2, -0.15) is 0 Å². The highest BCUT2D eigenvalue weighted by atomic mass is 32.2. The monoisotopic (exact) mass is 280 g/mol. The van der Waals surface area contributed by atoms with E-state index < -0.39 is 8.32 Å². The Balaban J connectivity index is 2.88. The molecule has 0 aliphatic carbocycles. The summed E-state index contributed by atoms with van der Waals surface area (Å²) in [5.74, 6) is 0. The molecule has 0 saturated carbocycles. The molecule has 1 aromatic carbocycles. The van der Waals surface area contributed by atoms with Gasteiger partial charge in [0.1, 0.15) is 5.09 Å². The number of rotatable bonds is 6. The molecule has 0 unspecified atom stereocenters. The van der Waals surface area contributed by atoms with Gasteiger partial charge in [0.05, 0.1) is 0 Å². The van der Waals surface area contributed by atoms with E-state index in [4.69, 9.17) is 4.43 Å². The Bertz CT molecular complexity index is 393. The van der Waals surface area contributed by atoms with Gasteiger partial charge in [-0.1, -0.05) is 43.3 Å². The van der Waals surface area contributed by atoms with E-state index in [0.29, 0.717) is 0 Å². The van der Waals surface area contributed by atoms with Crippen LogP contribution < -0.4 is 0 Å². The van der Waals surface area contributed by atoms with E-state index in [1.807, 2.05) is 6.07 Å². The highest BCUT2D eigenvalue weighted by molar-refractivity contribution is 8.03. The summed E-state index contributed by atoms with van der Waals surface area (Å²) in [7, 11) is -1.54. The van der Waals surface area contributed by atoms with Crippen molar-refractivity contribution >= 4 is 20.1 Å². The van der Waals surface area contributed by atoms with Crippen molar-refractivity contribution < 1.29 is 4.43 Å². The zero-order valence-corrected chi connectivity index (χ0v) is 13.9. The predicted molar refractivity (Wildman–Crippen MR) is 84.3 cm³/mol. The summed E-state index contributed by atoms with van der Waals surface area (Å²) < 4.78 is 6.24. The molecule has 0 bridgehead atoms. The van der Waals surface area contributed by atoms with Gasteiger partial charge in [0, 0.05) is 4.90 Å². The molecule has 0 heterocycles. The second-order valence-electron chi connectivity index (χ2n) is 5.45. The highest BCUT2D eigenvalue weighted by Crippen LogP contribution is 2.33. The van der Waals surface area contributed by atoms with Crippen LogP contribution in [-0.2, 0) is 4.43 Å². The van der Waals surface area contributed by atoms with Crippen LogP contribution in [0.1, 0.15) is 26.7 Å². The van der Waals surface area contributed by atoms with Crippen LogP contribution in [0, 0.1) is 0 Å². The quantitative estimate of drug-likeness (QED) is 0.377. The number of thioether (sulfide) groups is 1. The molecule has 0 atom stereocenters. The Hall–Kier alpha value is -0.673. The van der Waals surface area contributed by atoms with E-state index in [-0.39, 0.29) is 0 Å². The third kappa shape index (κ3) is 5.78. The van der Waals surface area contributed by atoms with E-state index >= 15 is 0 Å². The minimum absolute atomic E-state index is 1.11. The summed E-state index contributed by atoms with van der Waals surface area (Å²) in [5, 5.41) is 1.11. The fourth-order valence-electron chi connectivity index (χ4n) is 1.55. The Kier molecular flexibility index (Phi) is 6.02. The summed E-state index contributed by atoms with van der Waals surface area (Å²) in [6.45, 7) is 11.1. The third-order valence-electron chi connectivity index (χ3n) is 2.33. The van der Waals surface area contributed by atoms with Gasteiger partial charge in [-0.25, -0.2) is 0 Å². The molecule has 1 aromatic rings. The average molecular weight is 281 g/mol. The van der Waals surface area contributed by atoms with E-state index in [1.165, 1.54) is 16.9 Å². The van der Waals surface area contributed by atoms with Crippen LogP contribution in [-0.4, -0.2) is 8.32 Å². The summed E-state index contributed by atoms with van der Waals surface area (Å²) in [6.07, 6.45) is 2.28. The van der Waals surface area contributed by atoms with Crippen molar-refractivity contribution in [1.29, 1.82) is 0 Å². The fourth-order valence-corrected chi connectivity index (χ4v) is 3.98. The molecule has 0 amide bonds. The molecule has 1 rings (SSSR count). The lowest BCUT2D eigenvalue weighted by Gasteiger charge is -2.23. The van der Waals surface area contributed by atoms with Crippen LogP contribution in [0.15, 0.2) is 45.9 Å². The number of hydrogen-bond acceptors (Lipinski definition) is 2. The summed E-state index contributed by atoms with van der Waals surface area (Å²) in [4.78, 5) is 1.25. The van der Waals surface area contributed by atoms with Crippen LogP contribution in [0.3, 0.4) is 0 Å². The molecule has 0 aliphatic heterocycles. The second-order valence-corrected chi connectivity index (χ2v) is 10.9. The first kappa shape index (κ1) is 15.4. The second kappa shape index (κ2) is 7.05. The number of benzene rings is 1. The van der Waals surface area contributed by atoms with Crippen LogP contribution in [0.2, 0.25) is 19.6 Å². The van der Waals surface area contributed by atoms with Crippen molar-refractivity contribution in [3.8, 4) is 0 Å². The summed E-state index contributed by atoms with van der Waals surface area (Å²) in [6, 6.07) is 10.5. The summed E-state index contributed by atoms with van der Waals surface area (Å²) >= 11 is 1.76. The van der Waals surface area contributed by atoms with Crippen molar-refractivity contribution in [1.82, 2.24) is 0 Å². The van der Waals surface area contributed by atoms with Gasteiger partial charge < -0.3 is 4.43 Å². The maximum atomic E-state index is 6.24. The Morgan fingerprint density at radius 3 is 2.28 bits per heavy atom. The van der Waals surface area contributed by atoms with Crippen molar-refractivity contribution in [3.05, 3.63) is 41.0 Å². The molecule has 100 valence electrons. The van der Waals surface area contributed by atoms with Gasteiger partial charge in [-0.15, -0.1) is 0 Å². The van der Waals surface area contributed by atoms with E-state index in [9.17, 15) is 0 Å². The molecule has 0 spiro atoms. The molecule has 0 saturated heterocycles. The Labute approximate surface area is 117 Å². The molecule has 0 N–H and O–H groups in total. The Morgan fingerprint density at radius 1 is 1.17 bits per heavy atom. The minimum Gasteiger partial charge on any atom is -0.540 e. The Morgan fingerprint density at radius 2 is 1.78 bits per heavy atom. The maximum Gasteiger partial charge on any atom is 0.242 e. The largest absolute Gasteiger partial charge is 0.540 e. The molecule has 18 heavy (non-hydrogen) atoms. The fraction of sp³-hybridized carbons (Fsp3) is 0.467. The molecule has 0 fully saturated rings. The average Bonchev–Trinajstić information content (AvgIpc) is 2.28. The lowest BCUT2D eigenvalue weighted by atomic mass is 10.2. The first-order valence-electron chi connectivity index (χ1n) is 6.54. The zero-order valence-electron chi connectivity index (χ0n) is 12.1. The molecule has 3 heteroatoms. The molecule has 1 nitrogen and oxygen atoms in total. The van der Waals surface area contributed by atoms with E-state index in [2.05, 4.69) is 57.8 Å². The van der Waals surface area contributed by atoms with Crippen molar-refractivity contribution in [2.75, 3.05) is 0 Å². The standard InChI is InChI=1S/C15H24OSSi/c1-6-10-13(2)15(16-18(3,4)5)17-14-11-8-7-9-12-14/h7-9,11-12H,6,10H2,1-5H3/b15-13+. The van der Waals surface area contributed by atoms with Gasteiger partial charge in [-0.05, 0) is 50.7 Å². The third-order valence-corrected chi connectivity index (χ3v) is 4.42. The van der Waals surface area contributed by atoms with Crippen LogP contribution in [0.4, 0.5) is 0 Å². The van der Waals surface area contributed by atoms with Gasteiger partial charge in [0.25, 0.3) is 0 Å². The van der Waals surface area contributed by atoms with Crippen LogP contribution >= 0.6 is 11.8 Å². The van der Waals surface area contributed by atoms with Crippen molar-refractivity contribution in [2.24, 2.45) is 0 Å². The smallest absolute Gasteiger partial charge is 0.242 e. The van der Waals surface area contributed by atoms with Gasteiger partial charge >= 0.3 is 0 Å². The van der Waals surface area contributed by atoms with Crippen LogP contribution in [0.5, 0.6) is 0 Å². The SMILES string of the molecule is CCC/C(C)=C(\O[Si](C)(C)C)Sc1ccccc1. The molecular formula is C15H24OSSi. The molecule has 0 aliphatic rings. The molecule has 0 aromatic heterocycles. The van der Waals surface area contributed by atoms with Crippen molar-refractivity contribution in [2.45, 2.75) is 51.2 Å². The molecular weight excluding hydrogens is 256 g/mol. The van der Waals surface area contributed by atoms with Gasteiger partial charge in [0.2, 0.25) is 8.32 Å².